The predicted molar refractivity (Wildman–Crippen MR) is 71.5 cm³/mol. The molecule has 0 aliphatic carbocycles. The highest BCUT2D eigenvalue weighted by molar-refractivity contribution is 6.31. The van der Waals surface area contributed by atoms with Crippen LogP contribution in [-0.2, 0) is 11.2 Å². The van der Waals surface area contributed by atoms with E-state index in [1.807, 2.05) is 7.05 Å². The SMILES string of the molecule is CNC(Cc1cc(F)ccc1Cl)C1OCCC1C. The van der Waals surface area contributed by atoms with Gasteiger partial charge in [0, 0.05) is 17.7 Å². The summed E-state index contributed by atoms with van der Waals surface area (Å²) in [5, 5.41) is 3.88. The van der Waals surface area contributed by atoms with Crippen LogP contribution < -0.4 is 5.32 Å². The minimum absolute atomic E-state index is 0.168. The van der Waals surface area contributed by atoms with E-state index in [1.165, 1.54) is 12.1 Å². The van der Waals surface area contributed by atoms with Crippen molar-refractivity contribution >= 4 is 11.6 Å². The monoisotopic (exact) mass is 271 g/mol. The van der Waals surface area contributed by atoms with Gasteiger partial charge in [-0.1, -0.05) is 18.5 Å². The van der Waals surface area contributed by atoms with Crippen molar-refractivity contribution in [1.29, 1.82) is 0 Å². The van der Waals surface area contributed by atoms with Crippen LogP contribution in [0, 0.1) is 11.7 Å². The maximum Gasteiger partial charge on any atom is 0.123 e. The van der Waals surface area contributed by atoms with Gasteiger partial charge in [-0.3, -0.25) is 0 Å². The average Bonchev–Trinajstić information content (AvgIpc) is 2.77. The van der Waals surface area contributed by atoms with E-state index < -0.39 is 0 Å². The van der Waals surface area contributed by atoms with Crippen molar-refractivity contribution in [3.05, 3.63) is 34.6 Å². The minimum atomic E-state index is -0.246. The molecule has 1 saturated heterocycles. The maximum atomic E-state index is 13.2. The lowest BCUT2D eigenvalue weighted by atomic mass is 9.93. The lowest BCUT2D eigenvalue weighted by molar-refractivity contribution is 0.0634. The van der Waals surface area contributed by atoms with Crippen molar-refractivity contribution in [3.8, 4) is 0 Å². The molecule has 100 valence electrons. The van der Waals surface area contributed by atoms with E-state index in [4.69, 9.17) is 16.3 Å². The van der Waals surface area contributed by atoms with Gasteiger partial charge in [-0.15, -0.1) is 0 Å². The van der Waals surface area contributed by atoms with Gasteiger partial charge in [-0.25, -0.2) is 4.39 Å². The number of likely N-dealkylation sites (N-methyl/N-ethyl adjacent to an activating group) is 1. The topological polar surface area (TPSA) is 21.3 Å². The molecule has 2 nitrogen and oxygen atoms in total. The zero-order chi connectivity index (χ0) is 13.1. The number of rotatable bonds is 4. The van der Waals surface area contributed by atoms with E-state index in [2.05, 4.69) is 12.2 Å². The molecular formula is C14H19ClFNO. The highest BCUT2D eigenvalue weighted by atomic mass is 35.5. The second-order valence-electron chi connectivity index (χ2n) is 4.94. The molecule has 2 rings (SSSR count). The van der Waals surface area contributed by atoms with Crippen LogP contribution in [-0.4, -0.2) is 25.8 Å². The van der Waals surface area contributed by atoms with Crippen LogP contribution in [0.3, 0.4) is 0 Å². The average molecular weight is 272 g/mol. The number of benzene rings is 1. The Balaban J connectivity index is 2.12. The molecule has 0 amide bonds. The summed E-state index contributed by atoms with van der Waals surface area (Å²) in [5.74, 6) is 0.277. The number of nitrogens with one attached hydrogen (secondary N) is 1. The number of ether oxygens (including phenoxy) is 1. The van der Waals surface area contributed by atoms with E-state index in [0.717, 1.165) is 18.6 Å². The molecule has 3 unspecified atom stereocenters. The van der Waals surface area contributed by atoms with Gasteiger partial charge in [0.05, 0.1) is 6.10 Å². The first-order valence-electron chi connectivity index (χ1n) is 6.34. The molecular weight excluding hydrogens is 253 g/mol. The molecule has 4 heteroatoms. The smallest absolute Gasteiger partial charge is 0.123 e. The van der Waals surface area contributed by atoms with Gasteiger partial charge in [-0.2, -0.15) is 0 Å². The lowest BCUT2D eigenvalue weighted by Crippen LogP contribution is -2.42. The van der Waals surface area contributed by atoms with E-state index in [9.17, 15) is 4.39 Å². The van der Waals surface area contributed by atoms with E-state index in [0.29, 0.717) is 17.4 Å². The van der Waals surface area contributed by atoms with Gasteiger partial charge < -0.3 is 10.1 Å². The largest absolute Gasteiger partial charge is 0.376 e. The second-order valence-corrected chi connectivity index (χ2v) is 5.34. The van der Waals surface area contributed by atoms with E-state index in [1.54, 1.807) is 6.07 Å². The third-order valence-corrected chi connectivity index (χ3v) is 4.03. The first-order chi connectivity index (χ1) is 8.61. The van der Waals surface area contributed by atoms with Crippen LogP contribution in [0.4, 0.5) is 4.39 Å². The van der Waals surface area contributed by atoms with Crippen LogP contribution in [0.2, 0.25) is 5.02 Å². The molecule has 3 atom stereocenters. The Labute approximate surface area is 112 Å². The van der Waals surface area contributed by atoms with Crippen LogP contribution in [0.5, 0.6) is 0 Å². The standard InChI is InChI=1S/C14H19ClFNO/c1-9-5-6-18-14(9)13(17-2)8-10-7-11(16)3-4-12(10)15/h3-4,7,9,13-14,17H,5-6,8H2,1-2H3. The molecule has 1 fully saturated rings. The van der Waals surface area contributed by atoms with Gasteiger partial charge in [0.25, 0.3) is 0 Å². The fourth-order valence-electron chi connectivity index (χ4n) is 2.55. The fraction of sp³-hybridized carbons (Fsp3) is 0.571. The molecule has 0 bridgehead atoms. The normalized spacial score (nSPS) is 25.3. The Morgan fingerprint density at radius 3 is 2.94 bits per heavy atom. The number of hydrogen-bond acceptors (Lipinski definition) is 2. The third-order valence-electron chi connectivity index (χ3n) is 3.66. The summed E-state index contributed by atoms with van der Waals surface area (Å²) < 4.78 is 19.0. The molecule has 1 aliphatic heterocycles. The van der Waals surface area contributed by atoms with Gasteiger partial charge >= 0.3 is 0 Å². The molecule has 0 spiro atoms. The van der Waals surface area contributed by atoms with Crippen molar-refractivity contribution in [2.45, 2.75) is 31.9 Å². The van der Waals surface area contributed by atoms with Gasteiger partial charge in [0.1, 0.15) is 5.82 Å². The third kappa shape index (κ3) is 3.02. The van der Waals surface area contributed by atoms with E-state index in [-0.39, 0.29) is 18.0 Å². The molecule has 0 saturated carbocycles. The summed E-state index contributed by atoms with van der Waals surface area (Å²) in [7, 11) is 1.91. The van der Waals surface area contributed by atoms with E-state index >= 15 is 0 Å². The fourth-order valence-corrected chi connectivity index (χ4v) is 2.75. The molecule has 1 aromatic rings. The molecule has 1 aliphatic rings. The lowest BCUT2D eigenvalue weighted by Gasteiger charge is -2.26. The summed E-state index contributed by atoms with van der Waals surface area (Å²) in [6.45, 7) is 3.00. The van der Waals surface area contributed by atoms with Crippen molar-refractivity contribution in [3.63, 3.8) is 0 Å². The van der Waals surface area contributed by atoms with Gasteiger partial charge in [0.15, 0.2) is 0 Å². The second kappa shape index (κ2) is 6.00. The van der Waals surface area contributed by atoms with Crippen LogP contribution in [0.1, 0.15) is 18.9 Å². The molecule has 0 aromatic heterocycles. The summed E-state index contributed by atoms with van der Waals surface area (Å²) in [4.78, 5) is 0. The van der Waals surface area contributed by atoms with Crippen molar-refractivity contribution in [2.75, 3.05) is 13.7 Å². The first kappa shape index (κ1) is 13.8. The Bertz CT molecular complexity index is 413. The molecule has 1 aromatic carbocycles. The molecule has 1 N–H and O–H groups in total. The zero-order valence-corrected chi connectivity index (χ0v) is 11.5. The molecule has 18 heavy (non-hydrogen) atoms. The Morgan fingerprint density at radius 2 is 2.33 bits per heavy atom. The summed E-state index contributed by atoms with van der Waals surface area (Å²) >= 11 is 6.11. The van der Waals surface area contributed by atoms with Crippen molar-refractivity contribution in [1.82, 2.24) is 5.32 Å². The van der Waals surface area contributed by atoms with Gasteiger partial charge in [0.2, 0.25) is 0 Å². The maximum absolute atomic E-state index is 13.2. The summed E-state index contributed by atoms with van der Waals surface area (Å²) in [6.07, 6.45) is 1.94. The predicted octanol–water partition coefficient (Wildman–Crippen LogP) is 3.03. The van der Waals surface area contributed by atoms with Crippen molar-refractivity contribution in [2.24, 2.45) is 5.92 Å². The quantitative estimate of drug-likeness (QED) is 0.909. The highest BCUT2D eigenvalue weighted by Crippen LogP contribution is 2.26. The number of hydrogen-bond donors (Lipinski definition) is 1. The minimum Gasteiger partial charge on any atom is -0.376 e. The molecule has 1 heterocycles. The first-order valence-corrected chi connectivity index (χ1v) is 6.72. The Kier molecular flexibility index (Phi) is 4.60. The summed E-state index contributed by atoms with van der Waals surface area (Å²) in [6, 6.07) is 4.67. The highest BCUT2D eigenvalue weighted by Gasteiger charge is 2.31. The Hall–Kier alpha value is -0.640. The number of halogens is 2. The van der Waals surface area contributed by atoms with Gasteiger partial charge in [-0.05, 0) is 49.6 Å². The molecule has 0 radical (unpaired) electrons. The van der Waals surface area contributed by atoms with Crippen molar-refractivity contribution < 1.29 is 9.13 Å². The zero-order valence-electron chi connectivity index (χ0n) is 10.7. The van der Waals surface area contributed by atoms with Crippen LogP contribution in [0.15, 0.2) is 18.2 Å². The Morgan fingerprint density at radius 1 is 1.56 bits per heavy atom. The van der Waals surface area contributed by atoms with Crippen LogP contribution in [0.25, 0.3) is 0 Å². The van der Waals surface area contributed by atoms with Crippen LogP contribution >= 0.6 is 11.6 Å². The summed E-state index contributed by atoms with van der Waals surface area (Å²) in [5.41, 5.74) is 0.832.